The lowest BCUT2D eigenvalue weighted by molar-refractivity contribution is -0.0425. The Morgan fingerprint density at radius 1 is 1.23 bits per heavy atom. The van der Waals surface area contributed by atoms with E-state index >= 15 is 0 Å². The molecule has 2 nitrogen and oxygen atoms in total. The molecule has 0 saturated heterocycles. The number of alkyl halides is 3. The van der Waals surface area contributed by atoms with Crippen LogP contribution in [0.4, 0.5) is 13.2 Å². The summed E-state index contributed by atoms with van der Waals surface area (Å²) in [6.07, 6.45) is 3.05. The molecule has 0 aromatic heterocycles. The van der Waals surface area contributed by atoms with Crippen molar-refractivity contribution in [1.82, 2.24) is 0 Å². The van der Waals surface area contributed by atoms with Gasteiger partial charge in [-0.2, -0.15) is 13.2 Å². The first kappa shape index (κ1) is 12.2. The molecule has 0 spiro atoms. The first-order chi connectivity index (χ1) is 5.77. The Bertz CT molecular complexity index is 322. The highest BCUT2D eigenvalue weighted by Crippen LogP contribution is 2.29. The van der Waals surface area contributed by atoms with Crippen LogP contribution in [0.25, 0.3) is 0 Å². The molecule has 0 aliphatic heterocycles. The molecule has 0 amide bonds. The second kappa shape index (κ2) is 3.95. The summed E-state index contributed by atoms with van der Waals surface area (Å²) >= 11 is 0. The van der Waals surface area contributed by atoms with E-state index in [0.717, 1.165) is 12.2 Å². The monoisotopic (exact) mass is 214 g/mol. The summed E-state index contributed by atoms with van der Waals surface area (Å²) in [5.74, 6) is 0. The Morgan fingerprint density at radius 2 is 1.69 bits per heavy atom. The third-order valence-electron chi connectivity index (χ3n) is 1.23. The first-order valence-electron chi connectivity index (χ1n) is 3.37. The van der Waals surface area contributed by atoms with Crippen molar-refractivity contribution in [3.63, 3.8) is 0 Å². The molecule has 13 heavy (non-hydrogen) atoms. The fourth-order valence-electron chi connectivity index (χ4n) is 0.639. The van der Waals surface area contributed by atoms with Crippen molar-refractivity contribution in [3.05, 3.63) is 23.1 Å². The van der Waals surface area contributed by atoms with Crippen molar-refractivity contribution >= 4 is 9.84 Å². The lowest BCUT2D eigenvalue weighted by Gasteiger charge is -2.07. The molecule has 0 radical (unpaired) electrons. The molecule has 0 bridgehead atoms. The summed E-state index contributed by atoms with van der Waals surface area (Å²) in [6, 6.07) is 0. The van der Waals surface area contributed by atoms with Gasteiger partial charge in [0.1, 0.15) is 0 Å². The molecule has 0 rings (SSSR count). The molecule has 0 N–H and O–H groups in total. The Balaban J connectivity index is 5.30. The second-order valence-corrected chi connectivity index (χ2v) is 4.08. The predicted octanol–water partition coefficient (Wildman–Crippen LogP) is 2.40. The third-order valence-corrected chi connectivity index (χ3v) is 2.83. The average Bonchev–Trinajstić information content (AvgIpc) is 1.97. The summed E-state index contributed by atoms with van der Waals surface area (Å²) in [7, 11) is -5.18. The maximum atomic E-state index is 11.9. The molecule has 0 aromatic carbocycles. The zero-order chi connectivity index (χ0) is 10.7. The van der Waals surface area contributed by atoms with Gasteiger partial charge in [0.05, 0.1) is 4.91 Å². The second-order valence-electron chi connectivity index (χ2n) is 2.14. The van der Waals surface area contributed by atoms with Gasteiger partial charge in [-0.3, -0.25) is 0 Å². The largest absolute Gasteiger partial charge is 0.501 e. The molecular formula is C7H9F3O2S. The molecular weight excluding hydrogens is 205 g/mol. The van der Waals surface area contributed by atoms with Gasteiger partial charge in [-0.15, -0.1) is 0 Å². The van der Waals surface area contributed by atoms with Crippen molar-refractivity contribution < 1.29 is 21.6 Å². The van der Waals surface area contributed by atoms with Gasteiger partial charge in [0.25, 0.3) is 9.84 Å². The number of hydrogen-bond acceptors (Lipinski definition) is 2. The minimum atomic E-state index is -5.23. The van der Waals surface area contributed by atoms with E-state index in [9.17, 15) is 21.6 Å². The molecule has 0 heterocycles. The van der Waals surface area contributed by atoms with Crippen molar-refractivity contribution in [2.75, 3.05) is 0 Å². The summed E-state index contributed by atoms with van der Waals surface area (Å²) in [5, 5.41) is 0. The van der Waals surface area contributed by atoms with Crippen LogP contribution in [0.1, 0.15) is 13.8 Å². The summed E-state index contributed by atoms with van der Waals surface area (Å²) < 4.78 is 57.3. The highest BCUT2D eigenvalue weighted by molar-refractivity contribution is 7.96. The van der Waals surface area contributed by atoms with Crippen molar-refractivity contribution in [2.24, 2.45) is 0 Å². The number of allylic oxidation sites excluding steroid dienone is 3. The van der Waals surface area contributed by atoms with Crippen LogP contribution in [0, 0.1) is 0 Å². The van der Waals surface area contributed by atoms with Crippen LogP contribution in [0.5, 0.6) is 0 Å². The standard InChI is InChI=1S/C7H9F3O2S/c1-3-5-6(4-2)13(11,12)7(8,9)10/h3-5H,1-2H3/b5-3-,6-4+. The van der Waals surface area contributed by atoms with Crippen molar-refractivity contribution in [3.8, 4) is 0 Å². The van der Waals surface area contributed by atoms with E-state index in [4.69, 9.17) is 0 Å². The van der Waals surface area contributed by atoms with E-state index in [1.165, 1.54) is 19.9 Å². The fraction of sp³-hybridized carbons (Fsp3) is 0.429. The topological polar surface area (TPSA) is 34.1 Å². The summed E-state index contributed by atoms with van der Waals surface area (Å²) in [4.78, 5) is -0.734. The summed E-state index contributed by atoms with van der Waals surface area (Å²) in [5.41, 5.74) is -5.23. The highest BCUT2D eigenvalue weighted by Gasteiger charge is 2.47. The molecule has 0 saturated carbocycles. The molecule has 0 fully saturated rings. The molecule has 0 aliphatic carbocycles. The number of halogens is 3. The number of sulfone groups is 1. The van der Waals surface area contributed by atoms with Crippen molar-refractivity contribution in [2.45, 2.75) is 19.4 Å². The van der Waals surface area contributed by atoms with E-state index in [2.05, 4.69) is 0 Å². The Hall–Kier alpha value is -0.780. The van der Waals surface area contributed by atoms with Gasteiger partial charge in [-0.25, -0.2) is 8.42 Å². The van der Waals surface area contributed by atoms with Crippen LogP contribution >= 0.6 is 0 Å². The minimum absolute atomic E-state index is 0.734. The molecule has 76 valence electrons. The van der Waals surface area contributed by atoms with E-state index in [-0.39, 0.29) is 0 Å². The van der Waals surface area contributed by atoms with Crippen LogP contribution in [0.15, 0.2) is 23.1 Å². The Kier molecular flexibility index (Phi) is 3.71. The van der Waals surface area contributed by atoms with E-state index in [1.54, 1.807) is 0 Å². The highest BCUT2D eigenvalue weighted by atomic mass is 32.2. The maximum absolute atomic E-state index is 11.9. The normalized spacial score (nSPS) is 15.3. The summed E-state index contributed by atoms with van der Waals surface area (Å²) in [6.45, 7) is 2.67. The number of hydrogen-bond donors (Lipinski definition) is 0. The molecule has 0 unspecified atom stereocenters. The molecule has 0 aliphatic rings. The maximum Gasteiger partial charge on any atom is 0.501 e. The SMILES string of the molecule is C/C=C\C(=C/C)S(=O)(=O)C(F)(F)F. The number of rotatable bonds is 2. The molecule has 6 heteroatoms. The van der Waals surface area contributed by atoms with Gasteiger partial charge in [0, 0.05) is 0 Å². The zero-order valence-corrected chi connectivity index (χ0v) is 7.91. The van der Waals surface area contributed by atoms with Crippen LogP contribution in [0.2, 0.25) is 0 Å². The van der Waals surface area contributed by atoms with Gasteiger partial charge >= 0.3 is 5.51 Å². The lowest BCUT2D eigenvalue weighted by Crippen LogP contribution is -2.23. The van der Waals surface area contributed by atoms with Crippen molar-refractivity contribution in [1.29, 1.82) is 0 Å². The fourth-order valence-corrected chi connectivity index (χ4v) is 1.53. The average molecular weight is 214 g/mol. The van der Waals surface area contributed by atoms with E-state index in [1.807, 2.05) is 0 Å². The smallest absolute Gasteiger partial charge is 0.214 e. The Morgan fingerprint density at radius 3 is 1.92 bits per heavy atom. The first-order valence-corrected chi connectivity index (χ1v) is 4.86. The van der Waals surface area contributed by atoms with Crippen LogP contribution in [-0.4, -0.2) is 13.9 Å². The van der Waals surface area contributed by atoms with E-state index < -0.39 is 20.3 Å². The molecule has 0 atom stereocenters. The van der Waals surface area contributed by atoms with Gasteiger partial charge in [0.2, 0.25) is 0 Å². The van der Waals surface area contributed by atoms with Crippen LogP contribution < -0.4 is 0 Å². The molecule has 0 aromatic rings. The zero-order valence-electron chi connectivity index (χ0n) is 7.09. The van der Waals surface area contributed by atoms with E-state index in [0.29, 0.717) is 0 Å². The predicted molar refractivity (Wildman–Crippen MR) is 43.5 cm³/mol. The third kappa shape index (κ3) is 2.58. The Labute approximate surface area is 74.7 Å². The van der Waals surface area contributed by atoms with Gasteiger partial charge in [-0.05, 0) is 19.9 Å². The minimum Gasteiger partial charge on any atom is -0.214 e. The van der Waals surface area contributed by atoms with Crippen LogP contribution in [0.3, 0.4) is 0 Å². The van der Waals surface area contributed by atoms with Gasteiger partial charge in [0.15, 0.2) is 0 Å². The van der Waals surface area contributed by atoms with Gasteiger partial charge < -0.3 is 0 Å². The lowest BCUT2D eigenvalue weighted by atomic mass is 10.4. The van der Waals surface area contributed by atoms with Gasteiger partial charge in [-0.1, -0.05) is 12.2 Å². The van der Waals surface area contributed by atoms with Crippen LogP contribution in [-0.2, 0) is 9.84 Å². The quantitative estimate of drug-likeness (QED) is 0.661.